The Bertz CT molecular complexity index is 719. The number of carbonyl (C=O) groups is 1. The molecule has 0 spiro atoms. The van der Waals surface area contributed by atoms with Gasteiger partial charge in [-0.3, -0.25) is 4.79 Å². The van der Waals surface area contributed by atoms with Crippen LogP contribution >= 0.6 is 0 Å². The van der Waals surface area contributed by atoms with E-state index in [0.29, 0.717) is 0 Å². The fourth-order valence-corrected chi connectivity index (χ4v) is 2.80. The number of nitrogens with one attached hydrogen (secondary N) is 1. The average molecular weight is 297 g/mol. The Morgan fingerprint density at radius 1 is 1.09 bits per heavy atom. The lowest BCUT2D eigenvalue weighted by Gasteiger charge is -2.09. The minimum Gasteiger partial charge on any atom is -0.457 e. The number of aromatic amines is 1. The highest BCUT2D eigenvalue weighted by Crippen LogP contribution is 2.18. The van der Waals surface area contributed by atoms with Crippen LogP contribution in [-0.2, 0) is 24.2 Å². The van der Waals surface area contributed by atoms with Gasteiger partial charge in [0, 0.05) is 5.69 Å². The van der Waals surface area contributed by atoms with Crippen LogP contribution in [0.2, 0.25) is 0 Å². The van der Waals surface area contributed by atoms with Gasteiger partial charge in [0.05, 0.1) is 0 Å². The number of hydrogen-bond acceptors (Lipinski definition) is 3. The van der Waals surface area contributed by atoms with Crippen molar-refractivity contribution in [2.75, 3.05) is 0 Å². The summed E-state index contributed by atoms with van der Waals surface area (Å²) in [6.07, 6.45) is 5.12. The molecule has 2 aromatic rings. The number of aryl methyl sites for hydroxylation is 2. The summed E-state index contributed by atoms with van der Waals surface area (Å²) in [4.78, 5) is 27.1. The molecule has 0 fully saturated rings. The van der Waals surface area contributed by atoms with E-state index in [9.17, 15) is 9.59 Å². The molecular formula is C18H19NO3. The average Bonchev–Trinajstić information content (AvgIpc) is 2.77. The van der Waals surface area contributed by atoms with Crippen molar-refractivity contribution >= 4 is 5.97 Å². The molecule has 0 unspecified atom stereocenters. The highest BCUT2D eigenvalue weighted by molar-refractivity contribution is 5.89. The number of hydrogen-bond donors (Lipinski definition) is 1. The number of esters is 1. The third-order valence-corrected chi connectivity index (χ3v) is 4.02. The first-order chi connectivity index (χ1) is 10.7. The zero-order valence-corrected chi connectivity index (χ0v) is 12.4. The van der Waals surface area contributed by atoms with E-state index in [1.165, 1.54) is 0 Å². The molecule has 0 aliphatic heterocycles. The largest absolute Gasteiger partial charge is 0.457 e. The predicted octanol–water partition coefficient (Wildman–Crippen LogP) is 3.00. The fourth-order valence-electron chi connectivity index (χ4n) is 2.80. The Morgan fingerprint density at radius 3 is 2.68 bits per heavy atom. The van der Waals surface area contributed by atoms with E-state index in [-0.39, 0.29) is 17.7 Å². The third-order valence-electron chi connectivity index (χ3n) is 4.02. The van der Waals surface area contributed by atoms with Crippen molar-refractivity contribution in [2.24, 2.45) is 0 Å². The van der Waals surface area contributed by atoms with Crippen LogP contribution in [0.15, 0.2) is 41.2 Å². The van der Waals surface area contributed by atoms with Gasteiger partial charge in [0.1, 0.15) is 12.2 Å². The van der Waals surface area contributed by atoms with Gasteiger partial charge in [-0.25, -0.2) is 4.79 Å². The SMILES string of the molecule is O=C(OCc1ccccc1)c1cc2c([nH]c1=O)CCCCC2. The van der Waals surface area contributed by atoms with E-state index < -0.39 is 5.97 Å². The molecule has 0 saturated heterocycles. The lowest BCUT2D eigenvalue weighted by Crippen LogP contribution is -2.22. The summed E-state index contributed by atoms with van der Waals surface area (Å²) in [7, 11) is 0. The first-order valence-corrected chi connectivity index (χ1v) is 7.70. The van der Waals surface area contributed by atoms with Gasteiger partial charge in [0.15, 0.2) is 0 Å². The van der Waals surface area contributed by atoms with Crippen LogP contribution in [0.25, 0.3) is 0 Å². The summed E-state index contributed by atoms with van der Waals surface area (Å²) in [6, 6.07) is 11.2. The fraction of sp³-hybridized carbons (Fsp3) is 0.333. The smallest absolute Gasteiger partial charge is 0.344 e. The molecule has 0 atom stereocenters. The molecule has 22 heavy (non-hydrogen) atoms. The third kappa shape index (κ3) is 3.27. The second-order valence-corrected chi connectivity index (χ2v) is 5.64. The number of benzene rings is 1. The molecule has 1 N–H and O–H groups in total. The van der Waals surface area contributed by atoms with E-state index in [1.54, 1.807) is 6.07 Å². The normalized spacial score (nSPS) is 14.0. The number of aromatic nitrogens is 1. The summed E-state index contributed by atoms with van der Waals surface area (Å²) in [5.74, 6) is -0.558. The number of ether oxygens (including phenoxy) is 1. The van der Waals surface area contributed by atoms with Crippen LogP contribution in [0.1, 0.15) is 46.4 Å². The molecule has 4 heteroatoms. The molecule has 4 nitrogen and oxygen atoms in total. The lowest BCUT2D eigenvalue weighted by atomic mass is 10.1. The molecule has 1 heterocycles. The van der Waals surface area contributed by atoms with Crippen molar-refractivity contribution in [1.29, 1.82) is 0 Å². The Balaban J connectivity index is 1.77. The quantitative estimate of drug-likeness (QED) is 0.700. The molecule has 1 aliphatic rings. The summed E-state index contributed by atoms with van der Waals surface area (Å²) >= 11 is 0. The standard InChI is InChI=1S/C18H19NO3/c20-17-15(11-14-9-5-2-6-10-16(14)19-17)18(21)22-12-13-7-3-1-4-8-13/h1,3-4,7-8,11H,2,5-6,9-10,12H2,(H,19,20). The summed E-state index contributed by atoms with van der Waals surface area (Å²) in [5.41, 5.74) is 2.71. The van der Waals surface area contributed by atoms with Crippen molar-refractivity contribution < 1.29 is 9.53 Å². The first-order valence-electron chi connectivity index (χ1n) is 7.70. The first kappa shape index (κ1) is 14.6. The van der Waals surface area contributed by atoms with E-state index >= 15 is 0 Å². The maximum Gasteiger partial charge on any atom is 0.344 e. The maximum absolute atomic E-state index is 12.2. The lowest BCUT2D eigenvalue weighted by molar-refractivity contribution is 0.0470. The molecule has 0 saturated carbocycles. The molecule has 1 aliphatic carbocycles. The summed E-state index contributed by atoms with van der Waals surface area (Å²) in [6.45, 7) is 0.177. The molecule has 3 rings (SSSR count). The van der Waals surface area contributed by atoms with Gasteiger partial charge in [0.25, 0.3) is 5.56 Å². The number of rotatable bonds is 3. The number of carbonyl (C=O) groups excluding carboxylic acids is 1. The van der Waals surface area contributed by atoms with Crippen LogP contribution in [0.3, 0.4) is 0 Å². The van der Waals surface area contributed by atoms with Crippen molar-refractivity contribution in [2.45, 2.75) is 38.7 Å². The van der Waals surface area contributed by atoms with Crippen molar-refractivity contribution in [3.63, 3.8) is 0 Å². The van der Waals surface area contributed by atoms with Gasteiger partial charge in [0.2, 0.25) is 0 Å². The molecule has 1 aromatic carbocycles. The van der Waals surface area contributed by atoms with Crippen molar-refractivity contribution in [1.82, 2.24) is 4.98 Å². The number of H-pyrrole nitrogens is 1. The van der Waals surface area contributed by atoms with Gasteiger partial charge < -0.3 is 9.72 Å². The van der Waals surface area contributed by atoms with Gasteiger partial charge in [-0.1, -0.05) is 36.8 Å². The molecule has 0 radical (unpaired) electrons. The molecule has 0 amide bonds. The molecule has 1 aromatic heterocycles. The predicted molar refractivity (Wildman–Crippen MR) is 83.9 cm³/mol. The topological polar surface area (TPSA) is 59.2 Å². The molecule has 0 bridgehead atoms. The summed E-state index contributed by atoms with van der Waals surface area (Å²) in [5, 5.41) is 0. The Kier molecular flexibility index (Phi) is 4.37. The van der Waals surface area contributed by atoms with Crippen LogP contribution in [0.5, 0.6) is 0 Å². The van der Waals surface area contributed by atoms with Gasteiger partial charge in [-0.05, 0) is 42.9 Å². The highest BCUT2D eigenvalue weighted by atomic mass is 16.5. The monoisotopic (exact) mass is 297 g/mol. The van der Waals surface area contributed by atoms with E-state index in [0.717, 1.165) is 48.9 Å². The van der Waals surface area contributed by atoms with Crippen molar-refractivity contribution in [3.05, 3.63) is 69.1 Å². The Morgan fingerprint density at radius 2 is 1.86 bits per heavy atom. The van der Waals surface area contributed by atoms with Gasteiger partial charge >= 0.3 is 5.97 Å². The van der Waals surface area contributed by atoms with Crippen LogP contribution in [0.4, 0.5) is 0 Å². The number of fused-ring (bicyclic) bond motifs is 1. The molecular weight excluding hydrogens is 278 g/mol. The van der Waals surface area contributed by atoms with Crippen molar-refractivity contribution in [3.8, 4) is 0 Å². The number of pyridine rings is 1. The van der Waals surface area contributed by atoms with E-state index in [4.69, 9.17) is 4.74 Å². The van der Waals surface area contributed by atoms with Gasteiger partial charge in [-0.15, -0.1) is 0 Å². The zero-order chi connectivity index (χ0) is 15.4. The van der Waals surface area contributed by atoms with Crippen LogP contribution in [-0.4, -0.2) is 11.0 Å². The zero-order valence-electron chi connectivity index (χ0n) is 12.4. The van der Waals surface area contributed by atoms with Crippen LogP contribution in [0, 0.1) is 0 Å². The Labute approximate surface area is 129 Å². The minimum absolute atomic E-state index is 0.108. The van der Waals surface area contributed by atoms with E-state index in [1.807, 2.05) is 30.3 Å². The maximum atomic E-state index is 12.2. The van der Waals surface area contributed by atoms with Gasteiger partial charge in [-0.2, -0.15) is 0 Å². The summed E-state index contributed by atoms with van der Waals surface area (Å²) < 4.78 is 5.26. The Hall–Kier alpha value is -2.36. The molecule has 114 valence electrons. The second kappa shape index (κ2) is 6.60. The highest BCUT2D eigenvalue weighted by Gasteiger charge is 2.17. The van der Waals surface area contributed by atoms with E-state index in [2.05, 4.69) is 4.98 Å². The van der Waals surface area contributed by atoms with Crippen LogP contribution < -0.4 is 5.56 Å². The minimum atomic E-state index is -0.558. The second-order valence-electron chi connectivity index (χ2n) is 5.64.